The first kappa shape index (κ1) is 26.4. The van der Waals surface area contributed by atoms with Gasteiger partial charge in [0.2, 0.25) is 17.7 Å². The summed E-state index contributed by atoms with van der Waals surface area (Å²) in [6, 6.07) is 10.6. The van der Waals surface area contributed by atoms with Crippen LogP contribution in [0.15, 0.2) is 53.4 Å². The third-order valence-electron chi connectivity index (χ3n) is 6.18. The van der Waals surface area contributed by atoms with Gasteiger partial charge in [0.15, 0.2) is 5.78 Å². The molecule has 0 spiro atoms. The fourth-order valence-electron chi connectivity index (χ4n) is 4.42. The van der Waals surface area contributed by atoms with Crippen molar-refractivity contribution < 1.29 is 23.5 Å². The summed E-state index contributed by atoms with van der Waals surface area (Å²) in [4.78, 5) is 52.1. The lowest BCUT2D eigenvalue weighted by atomic mass is 10.1. The van der Waals surface area contributed by atoms with Gasteiger partial charge in [0.25, 0.3) is 0 Å². The van der Waals surface area contributed by atoms with Gasteiger partial charge in [-0.05, 0) is 53.2 Å². The Morgan fingerprint density at radius 2 is 2.00 bits per heavy atom. The van der Waals surface area contributed by atoms with Gasteiger partial charge in [0.05, 0.1) is 12.1 Å². The van der Waals surface area contributed by atoms with Gasteiger partial charge in [-0.2, -0.15) is 5.10 Å². The van der Waals surface area contributed by atoms with E-state index in [1.54, 1.807) is 42.5 Å². The Labute approximate surface area is 230 Å². The van der Waals surface area contributed by atoms with Crippen molar-refractivity contribution in [1.29, 1.82) is 0 Å². The van der Waals surface area contributed by atoms with Crippen molar-refractivity contribution in [2.75, 3.05) is 11.9 Å². The Bertz CT molecular complexity index is 1590. The maximum Gasteiger partial charge on any atom is 0.248 e. The minimum Gasteiger partial charge on any atom is -0.439 e. The van der Waals surface area contributed by atoms with Crippen LogP contribution in [0.4, 0.5) is 10.2 Å². The summed E-state index contributed by atoms with van der Waals surface area (Å²) in [5.74, 6) is -0.301. The maximum absolute atomic E-state index is 14.4. The van der Waals surface area contributed by atoms with Crippen molar-refractivity contribution in [3.63, 3.8) is 0 Å². The number of benzene rings is 1. The number of fused-ring (bicyclic) bond motifs is 1. The zero-order valence-electron chi connectivity index (χ0n) is 21.0. The van der Waals surface area contributed by atoms with Crippen LogP contribution < -0.4 is 10.1 Å². The molecule has 0 saturated carbocycles. The summed E-state index contributed by atoms with van der Waals surface area (Å²) < 4.78 is 22.1. The minimum absolute atomic E-state index is 0.132. The van der Waals surface area contributed by atoms with Gasteiger partial charge in [-0.25, -0.2) is 19.3 Å². The van der Waals surface area contributed by atoms with Crippen LogP contribution in [0.5, 0.6) is 11.6 Å². The number of likely N-dealkylation sites (tertiary alicyclic amines) is 1. The number of ketones is 1. The molecule has 0 radical (unpaired) electrons. The van der Waals surface area contributed by atoms with Crippen LogP contribution in [0.3, 0.4) is 0 Å². The van der Waals surface area contributed by atoms with Crippen molar-refractivity contribution in [3.8, 4) is 11.6 Å². The molecule has 0 unspecified atom stereocenters. The smallest absolute Gasteiger partial charge is 0.248 e. The predicted molar refractivity (Wildman–Crippen MR) is 142 cm³/mol. The molecule has 1 saturated heterocycles. The second-order valence-corrected chi connectivity index (χ2v) is 9.88. The van der Waals surface area contributed by atoms with Crippen LogP contribution in [-0.2, 0) is 16.1 Å². The first-order valence-corrected chi connectivity index (χ1v) is 12.8. The molecule has 3 aromatic heterocycles. The van der Waals surface area contributed by atoms with Crippen molar-refractivity contribution in [2.24, 2.45) is 0 Å². The fourth-order valence-corrected chi connectivity index (χ4v) is 4.77. The molecule has 2 amide bonds. The number of Topliss-reactive ketones (excluding diaryl/α,β-unsaturated/α-hetero) is 1. The van der Waals surface area contributed by atoms with E-state index in [0.29, 0.717) is 27.1 Å². The number of hydrogen-bond donors (Lipinski definition) is 1. The predicted octanol–water partition coefficient (Wildman–Crippen LogP) is 3.86. The van der Waals surface area contributed by atoms with E-state index in [1.807, 2.05) is 6.92 Å². The van der Waals surface area contributed by atoms with Crippen LogP contribution in [0.1, 0.15) is 29.5 Å². The van der Waals surface area contributed by atoms with Crippen molar-refractivity contribution in [3.05, 3.63) is 64.8 Å². The van der Waals surface area contributed by atoms with Crippen LogP contribution in [0, 0.1) is 6.92 Å². The second-order valence-electron chi connectivity index (χ2n) is 9.07. The molecule has 2 atom stereocenters. The number of hydrogen-bond acceptors (Lipinski definition) is 8. The summed E-state index contributed by atoms with van der Waals surface area (Å²) in [5.41, 5.74) is 1.39. The number of carbonyl (C=O) groups is 3. The number of halogens is 2. The van der Waals surface area contributed by atoms with E-state index >= 15 is 0 Å². The lowest BCUT2D eigenvalue weighted by Crippen LogP contribution is -2.44. The van der Waals surface area contributed by atoms with E-state index in [2.05, 4.69) is 41.3 Å². The van der Waals surface area contributed by atoms with E-state index < -0.39 is 24.0 Å². The standard InChI is InChI=1S/C26H23BrFN7O4/c1-14-8-23(30-13-29-14)39-17-6-7-19-18(10-17)25(15(2)36)33-35(19)12-24(37)34-11-16(28)9-20(34)26(38)32-22-5-3-4-21(27)31-22/h3-8,10,13,16,20H,9,11-12H2,1-2H3,(H,31,32,38)/t16-,20+/m1/s1. The zero-order chi connectivity index (χ0) is 27.7. The normalized spacial score (nSPS) is 16.9. The van der Waals surface area contributed by atoms with Gasteiger partial charge in [-0.1, -0.05) is 6.07 Å². The van der Waals surface area contributed by atoms with Crippen molar-refractivity contribution in [2.45, 2.75) is 39.0 Å². The topological polar surface area (TPSA) is 132 Å². The number of nitrogens with zero attached hydrogens (tertiary/aromatic N) is 6. The van der Waals surface area contributed by atoms with Crippen molar-refractivity contribution in [1.82, 2.24) is 29.6 Å². The van der Waals surface area contributed by atoms with Gasteiger partial charge in [-0.3, -0.25) is 19.1 Å². The number of carbonyl (C=O) groups excluding carboxylic acids is 3. The molecule has 4 aromatic rings. The van der Waals surface area contributed by atoms with E-state index in [9.17, 15) is 18.8 Å². The number of pyridine rings is 1. The summed E-state index contributed by atoms with van der Waals surface area (Å²) in [5, 5.41) is 7.48. The fraction of sp³-hybridized carbons (Fsp3) is 0.269. The second kappa shape index (κ2) is 10.8. The molecular weight excluding hydrogens is 573 g/mol. The van der Waals surface area contributed by atoms with E-state index in [1.165, 1.54) is 22.8 Å². The monoisotopic (exact) mass is 595 g/mol. The van der Waals surface area contributed by atoms with Crippen LogP contribution in [-0.4, -0.2) is 66.0 Å². The van der Waals surface area contributed by atoms with Gasteiger partial charge < -0.3 is 15.0 Å². The molecule has 13 heteroatoms. The molecule has 39 heavy (non-hydrogen) atoms. The van der Waals surface area contributed by atoms with Crippen molar-refractivity contribution >= 4 is 50.2 Å². The van der Waals surface area contributed by atoms with Crippen LogP contribution in [0.2, 0.25) is 0 Å². The van der Waals surface area contributed by atoms with E-state index in [-0.39, 0.29) is 36.8 Å². The lowest BCUT2D eigenvalue weighted by molar-refractivity contribution is -0.137. The highest BCUT2D eigenvalue weighted by atomic mass is 79.9. The van der Waals surface area contributed by atoms with Gasteiger partial charge in [-0.15, -0.1) is 0 Å². The first-order valence-electron chi connectivity index (χ1n) is 12.0. The Morgan fingerprint density at radius 1 is 1.18 bits per heavy atom. The third kappa shape index (κ3) is 5.77. The highest BCUT2D eigenvalue weighted by molar-refractivity contribution is 9.10. The molecule has 1 fully saturated rings. The SMILES string of the molecule is CC(=O)c1nn(CC(=O)N2C[C@H](F)C[C@H]2C(=O)Nc2cccc(Br)n2)c2ccc(Oc3cc(C)ncn3)cc12. The molecule has 11 nitrogen and oxygen atoms in total. The largest absolute Gasteiger partial charge is 0.439 e. The summed E-state index contributed by atoms with van der Waals surface area (Å²) >= 11 is 3.24. The lowest BCUT2D eigenvalue weighted by Gasteiger charge is -2.23. The number of ether oxygens (including phenoxy) is 1. The molecule has 5 rings (SSSR count). The summed E-state index contributed by atoms with van der Waals surface area (Å²) in [6.45, 7) is 2.67. The van der Waals surface area contributed by atoms with Crippen LogP contribution in [0.25, 0.3) is 10.9 Å². The van der Waals surface area contributed by atoms with Gasteiger partial charge in [0.1, 0.15) is 47.0 Å². The number of aromatic nitrogens is 5. The van der Waals surface area contributed by atoms with E-state index in [0.717, 1.165) is 5.69 Å². The Morgan fingerprint density at radius 3 is 2.74 bits per heavy atom. The highest BCUT2D eigenvalue weighted by Gasteiger charge is 2.40. The molecule has 1 aromatic carbocycles. The Kier molecular flexibility index (Phi) is 7.33. The number of aryl methyl sites for hydroxylation is 1. The number of nitrogens with one attached hydrogen (secondary N) is 1. The molecule has 1 aliphatic rings. The molecular formula is C26H23BrFN7O4. The molecule has 4 heterocycles. The first-order chi connectivity index (χ1) is 18.7. The molecule has 1 aliphatic heterocycles. The summed E-state index contributed by atoms with van der Waals surface area (Å²) in [6.07, 6.45) is -0.0999. The number of anilines is 1. The average molecular weight is 596 g/mol. The number of amides is 2. The molecule has 0 bridgehead atoms. The van der Waals surface area contributed by atoms with Crippen LogP contribution >= 0.6 is 15.9 Å². The van der Waals surface area contributed by atoms with E-state index in [4.69, 9.17) is 4.74 Å². The zero-order valence-corrected chi connectivity index (χ0v) is 22.6. The summed E-state index contributed by atoms with van der Waals surface area (Å²) in [7, 11) is 0. The Hall–Kier alpha value is -4.26. The number of rotatable bonds is 7. The molecule has 0 aliphatic carbocycles. The maximum atomic E-state index is 14.4. The minimum atomic E-state index is -1.35. The molecule has 1 N–H and O–H groups in total. The third-order valence-corrected chi connectivity index (χ3v) is 6.62. The Balaban J connectivity index is 1.38. The molecule has 200 valence electrons. The van der Waals surface area contributed by atoms with Gasteiger partial charge in [0, 0.05) is 30.5 Å². The highest BCUT2D eigenvalue weighted by Crippen LogP contribution is 2.28. The average Bonchev–Trinajstić information content (AvgIpc) is 3.45. The number of alkyl halides is 1. The van der Waals surface area contributed by atoms with Gasteiger partial charge >= 0.3 is 0 Å². The quantitative estimate of drug-likeness (QED) is 0.251.